The molecule has 0 aliphatic carbocycles. The number of hydrogen-bond acceptors (Lipinski definition) is 9. The summed E-state index contributed by atoms with van der Waals surface area (Å²) in [7, 11) is 3.60. The van der Waals surface area contributed by atoms with Crippen LogP contribution in [-0.2, 0) is 19.1 Å². The Balaban J connectivity index is 1.67. The molecule has 0 bridgehead atoms. The van der Waals surface area contributed by atoms with E-state index in [1.54, 1.807) is 33.9 Å². The van der Waals surface area contributed by atoms with E-state index in [-0.39, 0.29) is 18.3 Å². The van der Waals surface area contributed by atoms with Crippen LogP contribution in [0.5, 0.6) is 0 Å². The Morgan fingerprint density at radius 2 is 1.72 bits per heavy atom. The third kappa shape index (κ3) is 7.05. The van der Waals surface area contributed by atoms with Crippen molar-refractivity contribution in [2.75, 3.05) is 37.0 Å². The Labute approximate surface area is 251 Å². The zero-order valence-corrected chi connectivity index (χ0v) is 26.4. The van der Waals surface area contributed by atoms with Crippen LogP contribution in [0.4, 0.5) is 11.4 Å². The number of ether oxygens (including phenoxy) is 1. The number of oxazole rings is 1. The molecule has 11 nitrogen and oxygen atoms in total. The summed E-state index contributed by atoms with van der Waals surface area (Å²) in [5, 5.41) is 5.72. The number of rotatable bonds is 8. The Morgan fingerprint density at radius 1 is 1.07 bits per heavy atom. The number of aryl methyl sites for hydroxylation is 4. The lowest BCUT2D eigenvalue weighted by atomic mass is 10.1. The average molecular weight is 592 g/mol. The molecule has 2 atom stereocenters. The second kappa shape index (κ2) is 12.2. The quantitative estimate of drug-likeness (QED) is 0.298. The molecule has 2 heterocycles. The molecule has 0 fully saturated rings. The maximum Gasteiger partial charge on any atom is 0.308 e. The number of amides is 2. The molecule has 0 radical (unpaired) electrons. The highest BCUT2D eigenvalue weighted by Crippen LogP contribution is 2.36. The van der Waals surface area contributed by atoms with E-state index in [4.69, 9.17) is 9.15 Å². The largest absolute Gasteiger partial charge is 0.460 e. The second-order valence-corrected chi connectivity index (χ2v) is 12.3. The van der Waals surface area contributed by atoms with Crippen LogP contribution in [0.1, 0.15) is 60.1 Å². The number of ketones is 1. The molecule has 3 aromatic rings. The van der Waals surface area contributed by atoms with Gasteiger partial charge in [-0.3, -0.25) is 24.1 Å². The third-order valence-corrected chi connectivity index (χ3v) is 7.25. The van der Waals surface area contributed by atoms with E-state index in [0.29, 0.717) is 23.3 Å². The van der Waals surface area contributed by atoms with Crippen molar-refractivity contribution in [2.45, 2.75) is 72.6 Å². The summed E-state index contributed by atoms with van der Waals surface area (Å²) in [5.41, 5.74) is 5.21. The van der Waals surface area contributed by atoms with Gasteiger partial charge in [-0.25, -0.2) is 4.98 Å². The summed E-state index contributed by atoms with van der Waals surface area (Å²) in [5.74, 6) is -2.47. The number of carbonyl (C=O) groups excluding carboxylic acids is 4. The fourth-order valence-electron chi connectivity index (χ4n) is 5.47. The molecule has 43 heavy (non-hydrogen) atoms. The van der Waals surface area contributed by atoms with Crippen molar-refractivity contribution >= 4 is 46.0 Å². The average Bonchev–Trinajstić information content (AvgIpc) is 3.28. The molecule has 2 N–H and O–H groups in total. The number of esters is 1. The molecule has 230 valence electrons. The first-order valence-corrected chi connectivity index (χ1v) is 14.3. The minimum absolute atomic E-state index is 0.225. The lowest BCUT2D eigenvalue weighted by Gasteiger charge is -2.27. The van der Waals surface area contributed by atoms with E-state index < -0.39 is 41.8 Å². The van der Waals surface area contributed by atoms with Gasteiger partial charge in [0.2, 0.25) is 17.6 Å². The number of aromatic nitrogens is 1. The first-order chi connectivity index (χ1) is 20.1. The van der Waals surface area contributed by atoms with Gasteiger partial charge in [0.25, 0.3) is 5.89 Å². The van der Waals surface area contributed by atoms with E-state index in [1.807, 2.05) is 57.8 Å². The normalized spacial score (nSPS) is 16.1. The summed E-state index contributed by atoms with van der Waals surface area (Å²) in [6.45, 7) is 12.8. The molecule has 1 aromatic heterocycles. The van der Waals surface area contributed by atoms with Crippen molar-refractivity contribution < 1.29 is 28.3 Å². The minimum Gasteiger partial charge on any atom is -0.460 e. The number of carbonyl (C=O) groups is 4. The molecule has 0 unspecified atom stereocenters. The summed E-state index contributed by atoms with van der Waals surface area (Å²) in [6.07, 6.45) is -0.441. The van der Waals surface area contributed by atoms with Gasteiger partial charge in [0.1, 0.15) is 29.7 Å². The van der Waals surface area contributed by atoms with Gasteiger partial charge in [0.05, 0.1) is 17.8 Å². The molecule has 11 heteroatoms. The number of anilines is 2. The van der Waals surface area contributed by atoms with Gasteiger partial charge in [-0.1, -0.05) is 12.1 Å². The zero-order valence-electron chi connectivity index (χ0n) is 26.4. The molecular weight excluding hydrogens is 550 g/mol. The van der Waals surface area contributed by atoms with Crippen molar-refractivity contribution in [3.8, 4) is 0 Å². The van der Waals surface area contributed by atoms with Crippen LogP contribution in [0.2, 0.25) is 0 Å². The van der Waals surface area contributed by atoms with Crippen molar-refractivity contribution in [3.63, 3.8) is 0 Å². The van der Waals surface area contributed by atoms with Crippen molar-refractivity contribution in [2.24, 2.45) is 0 Å². The SMILES string of the molecule is CN[C@H]1CN(C)c2cc(C)cc(C)c2N(CC(=O)N[C@@H](CC(=O)OC(C)(C)C)C(=O)c2nc3cc(C)cc(C)c3o2)C1=O. The first-order valence-electron chi connectivity index (χ1n) is 14.3. The molecule has 2 amide bonds. The molecule has 1 aliphatic rings. The van der Waals surface area contributed by atoms with Crippen molar-refractivity contribution in [1.29, 1.82) is 0 Å². The number of Topliss-reactive ketones (excluding diaryl/α,β-unsaturated/α-hetero) is 1. The van der Waals surface area contributed by atoms with Crippen LogP contribution in [0.25, 0.3) is 11.1 Å². The minimum atomic E-state index is -1.33. The van der Waals surface area contributed by atoms with Crippen LogP contribution in [-0.4, -0.2) is 73.4 Å². The lowest BCUT2D eigenvalue weighted by Crippen LogP contribution is -2.52. The Morgan fingerprint density at radius 3 is 2.37 bits per heavy atom. The maximum absolute atomic E-state index is 13.7. The highest BCUT2D eigenvalue weighted by molar-refractivity contribution is 6.07. The topological polar surface area (TPSA) is 134 Å². The summed E-state index contributed by atoms with van der Waals surface area (Å²) in [6, 6.07) is 5.74. The van der Waals surface area contributed by atoms with E-state index in [0.717, 1.165) is 27.9 Å². The van der Waals surface area contributed by atoms with Gasteiger partial charge in [-0.2, -0.15) is 0 Å². The van der Waals surface area contributed by atoms with Crippen LogP contribution >= 0.6 is 0 Å². The van der Waals surface area contributed by atoms with Crippen LogP contribution in [0.15, 0.2) is 28.7 Å². The molecular formula is C32H41N5O6. The van der Waals surface area contributed by atoms with Gasteiger partial charge < -0.3 is 24.7 Å². The first kappa shape index (κ1) is 31.7. The number of nitrogens with zero attached hydrogens (tertiary/aromatic N) is 3. The van der Waals surface area contributed by atoms with Gasteiger partial charge in [-0.15, -0.1) is 0 Å². The van der Waals surface area contributed by atoms with Gasteiger partial charge >= 0.3 is 5.97 Å². The molecule has 2 aromatic carbocycles. The molecule has 0 saturated carbocycles. The van der Waals surface area contributed by atoms with Crippen molar-refractivity contribution in [3.05, 3.63) is 52.4 Å². The zero-order chi connectivity index (χ0) is 31.8. The Kier molecular flexibility index (Phi) is 8.96. The highest BCUT2D eigenvalue weighted by atomic mass is 16.6. The number of hydrogen-bond donors (Lipinski definition) is 2. The summed E-state index contributed by atoms with van der Waals surface area (Å²) >= 11 is 0. The molecule has 4 rings (SSSR count). The lowest BCUT2D eigenvalue weighted by molar-refractivity contribution is -0.155. The van der Waals surface area contributed by atoms with Gasteiger partial charge in [0, 0.05) is 13.6 Å². The number of fused-ring (bicyclic) bond motifs is 2. The fourth-order valence-corrected chi connectivity index (χ4v) is 5.47. The van der Waals surface area contributed by atoms with Crippen LogP contribution < -0.4 is 20.4 Å². The van der Waals surface area contributed by atoms with Crippen molar-refractivity contribution in [1.82, 2.24) is 15.6 Å². The summed E-state index contributed by atoms with van der Waals surface area (Å²) < 4.78 is 11.3. The Bertz CT molecular complexity index is 1590. The smallest absolute Gasteiger partial charge is 0.308 e. The number of likely N-dealkylation sites (N-methyl/N-ethyl adjacent to an activating group) is 2. The second-order valence-electron chi connectivity index (χ2n) is 12.3. The van der Waals surface area contributed by atoms with Gasteiger partial charge in [-0.05, 0) is 89.9 Å². The molecule has 1 aliphatic heterocycles. The summed E-state index contributed by atoms with van der Waals surface area (Å²) in [4.78, 5) is 61.7. The molecule has 0 spiro atoms. The van der Waals surface area contributed by atoms with E-state index in [1.165, 1.54) is 4.90 Å². The molecule has 0 saturated heterocycles. The van der Waals surface area contributed by atoms with E-state index >= 15 is 0 Å². The predicted octanol–water partition coefficient (Wildman–Crippen LogP) is 3.53. The number of nitrogens with one attached hydrogen (secondary N) is 2. The monoisotopic (exact) mass is 591 g/mol. The number of benzene rings is 2. The van der Waals surface area contributed by atoms with Gasteiger partial charge in [0.15, 0.2) is 5.58 Å². The maximum atomic E-state index is 13.7. The van der Waals surface area contributed by atoms with E-state index in [2.05, 4.69) is 15.6 Å². The fraction of sp³-hybridized carbons (Fsp3) is 0.469. The highest BCUT2D eigenvalue weighted by Gasteiger charge is 2.36. The van der Waals surface area contributed by atoms with E-state index in [9.17, 15) is 19.2 Å². The third-order valence-electron chi connectivity index (χ3n) is 7.25. The van der Waals surface area contributed by atoms with Crippen LogP contribution in [0.3, 0.4) is 0 Å². The predicted molar refractivity (Wildman–Crippen MR) is 165 cm³/mol. The standard InChI is InChI=1S/C32H41N5O6/c1-17-11-20(4)29-22(12-17)35-30(42-29)28(40)21(14-26(39)43-32(5,6)7)34-25(38)16-37-27-19(3)10-18(2)13-24(27)36(9)15-23(33-8)31(37)41/h10-13,21,23,33H,14-16H2,1-9H3,(H,34,38)/t21-,23-/m0/s1. The van der Waals surface area contributed by atoms with Crippen LogP contribution in [0, 0.1) is 27.7 Å². The Hall–Kier alpha value is -4.25.